The van der Waals surface area contributed by atoms with E-state index in [1.54, 1.807) is 18.3 Å². The Hall–Kier alpha value is -3.18. The Balaban J connectivity index is 0.000000317. The smallest absolute Gasteiger partial charge is 0.234 e. The van der Waals surface area contributed by atoms with Gasteiger partial charge in [-0.1, -0.05) is 94.0 Å². The van der Waals surface area contributed by atoms with Crippen molar-refractivity contribution < 1.29 is 9.90 Å². The first-order chi connectivity index (χ1) is 19.7. The fourth-order valence-corrected chi connectivity index (χ4v) is 5.51. The first-order valence-corrected chi connectivity index (χ1v) is 15.5. The van der Waals surface area contributed by atoms with Crippen molar-refractivity contribution in [1.29, 1.82) is 0 Å². The maximum Gasteiger partial charge on any atom is 0.234 e. The standard InChI is InChI=1S/C21H29N3O.C15H24O/c1-16(2)24(17(3)4)15-13-21(20(22)25,18-10-6-5-7-11-18)19-12-8-9-14-23-19;1-2-3-4-5-6-7-8-9-14-10-12-15(16)13-11-14/h5-12,14,16-17H,13,15H2,1-4H3,(H2,22,25);10-13,16H,2-9H2,1H3. The molecule has 0 spiro atoms. The van der Waals surface area contributed by atoms with Gasteiger partial charge in [0, 0.05) is 24.8 Å². The Morgan fingerprint density at radius 2 is 1.41 bits per heavy atom. The normalized spacial score (nSPS) is 12.7. The number of nitrogens with two attached hydrogens (primary N) is 1. The molecule has 0 aliphatic rings. The fourth-order valence-electron chi connectivity index (χ4n) is 5.51. The molecule has 0 aliphatic carbocycles. The minimum atomic E-state index is -0.926. The number of phenols is 1. The van der Waals surface area contributed by atoms with Gasteiger partial charge in [0.1, 0.15) is 11.2 Å². The summed E-state index contributed by atoms with van der Waals surface area (Å²) in [5.41, 5.74) is 8.00. The Bertz CT molecular complexity index is 1050. The molecule has 3 rings (SSSR count). The third-order valence-electron chi connectivity index (χ3n) is 7.87. The summed E-state index contributed by atoms with van der Waals surface area (Å²) in [5, 5.41) is 9.15. The maximum atomic E-state index is 12.7. The van der Waals surface area contributed by atoms with Gasteiger partial charge in [-0.15, -0.1) is 0 Å². The van der Waals surface area contributed by atoms with Crippen LogP contribution in [0.5, 0.6) is 5.75 Å². The number of amides is 1. The molecule has 1 unspecified atom stereocenters. The molecule has 224 valence electrons. The van der Waals surface area contributed by atoms with Crippen LogP contribution in [0.1, 0.15) is 103 Å². The van der Waals surface area contributed by atoms with E-state index in [-0.39, 0.29) is 5.91 Å². The number of hydrogen-bond donors (Lipinski definition) is 2. The molecular weight excluding hydrogens is 506 g/mol. The van der Waals surface area contributed by atoms with E-state index in [4.69, 9.17) is 10.8 Å². The van der Waals surface area contributed by atoms with Crippen molar-refractivity contribution in [3.05, 3.63) is 95.8 Å². The Kier molecular flexibility index (Phi) is 15.2. The number of nitrogens with zero attached hydrogens (tertiary/aromatic N) is 2. The second kappa shape index (κ2) is 18.3. The summed E-state index contributed by atoms with van der Waals surface area (Å²) in [6, 6.07) is 23.8. The number of benzene rings is 2. The maximum absolute atomic E-state index is 12.7. The number of unbranched alkanes of at least 4 members (excludes halogenated alkanes) is 6. The molecule has 0 fully saturated rings. The van der Waals surface area contributed by atoms with Crippen LogP contribution >= 0.6 is 0 Å². The highest BCUT2D eigenvalue weighted by atomic mass is 16.3. The van der Waals surface area contributed by atoms with E-state index in [0.29, 0.717) is 29.9 Å². The van der Waals surface area contributed by atoms with E-state index in [9.17, 15) is 4.79 Å². The lowest BCUT2D eigenvalue weighted by Gasteiger charge is -2.36. The van der Waals surface area contributed by atoms with Gasteiger partial charge in [0.15, 0.2) is 0 Å². The van der Waals surface area contributed by atoms with Crippen molar-refractivity contribution in [2.24, 2.45) is 5.73 Å². The van der Waals surface area contributed by atoms with Crippen LogP contribution in [-0.4, -0.2) is 39.5 Å². The zero-order valence-corrected chi connectivity index (χ0v) is 26.1. The molecule has 5 heteroatoms. The van der Waals surface area contributed by atoms with Gasteiger partial charge in [0.05, 0.1) is 5.69 Å². The average Bonchev–Trinajstić information content (AvgIpc) is 2.96. The van der Waals surface area contributed by atoms with Gasteiger partial charge in [0.2, 0.25) is 5.91 Å². The molecule has 1 atom stereocenters. The number of aryl methyl sites for hydroxylation is 1. The summed E-state index contributed by atoms with van der Waals surface area (Å²) in [7, 11) is 0. The second-order valence-electron chi connectivity index (χ2n) is 11.6. The van der Waals surface area contributed by atoms with Crippen LogP contribution in [0.15, 0.2) is 79.0 Å². The third-order valence-corrected chi connectivity index (χ3v) is 7.87. The van der Waals surface area contributed by atoms with E-state index < -0.39 is 5.41 Å². The van der Waals surface area contributed by atoms with Gasteiger partial charge in [0.25, 0.3) is 0 Å². The largest absolute Gasteiger partial charge is 0.508 e. The summed E-state index contributed by atoms with van der Waals surface area (Å²) >= 11 is 0. The van der Waals surface area contributed by atoms with Crippen LogP contribution in [0.3, 0.4) is 0 Å². The summed E-state index contributed by atoms with van der Waals surface area (Å²) in [6.45, 7) is 11.7. The molecule has 1 aromatic heterocycles. The summed E-state index contributed by atoms with van der Waals surface area (Å²) < 4.78 is 0. The lowest BCUT2D eigenvalue weighted by Crippen LogP contribution is -2.47. The number of rotatable bonds is 16. The fraction of sp³-hybridized carbons (Fsp3) is 0.500. The Labute approximate surface area is 249 Å². The number of primary amides is 1. The molecule has 0 bridgehead atoms. The SMILES string of the molecule is CC(C)N(CCC(C(N)=O)(c1ccccc1)c1ccccn1)C(C)C.CCCCCCCCCc1ccc(O)cc1. The van der Waals surface area contributed by atoms with Crippen molar-refractivity contribution in [3.63, 3.8) is 0 Å². The van der Waals surface area contributed by atoms with Gasteiger partial charge in [-0.05, 0) is 82.3 Å². The van der Waals surface area contributed by atoms with Crippen LogP contribution in [0.2, 0.25) is 0 Å². The van der Waals surface area contributed by atoms with Crippen LogP contribution in [0.4, 0.5) is 0 Å². The van der Waals surface area contributed by atoms with Crippen LogP contribution in [0.25, 0.3) is 0 Å². The summed E-state index contributed by atoms with van der Waals surface area (Å²) in [5.74, 6) is 0.00757. The zero-order valence-electron chi connectivity index (χ0n) is 26.1. The quantitative estimate of drug-likeness (QED) is 0.174. The number of pyridine rings is 1. The lowest BCUT2D eigenvalue weighted by molar-refractivity contribution is -0.122. The van der Waals surface area contributed by atoms with E-state index in [2.05, 4.69) is 44.5 Å². The molecule has 5 nitrogen and oxygen atoms in total. The highest BCUT2D eigenvalue weighted by Gasteiger charge is 2.42. The third kappa shape index (κ3) is 11.0. The predicted molar refractivity (Wildman–Crippen MR) is 172 cm³/mol. The van der Waals surface area contributed by atoms with Gasteiger partial charge in [-0.3, -0.25) is 14.7 Å². The molecule has 1 heterocycles. The van der Waals surface area contributed by atoms with Crippen molar-refractivity contribution in [2.75, 3.05) is 6.54 Å². The lowest BCUT2D eigenvalue weighted by atomic mass is 9.73. The molecule has 0 saturated carbocycles. The summed E-state index contributed by atoms with van der Waals surface area (Å²) in [6.07, 6.45) is 13.0. The minimum Gasteiger partial charge on any atom is -0.508 e. The zero-order chi connectivity index (χ0) is 30.1. The van der Waals surface area contributed by atoms with E-state index in [0.717, 1.165) is 18.5 Å². The highest BCUT2D eigenvalue weighted by molar-refractivity contribution is 5.90. The molecule has 41 heavy (non-hydrogen) atoms. The first kappa shape index (κ1) is 34.0. The van der Waals surface area contributed by atoms with Gasteiger partial charge >= 0.3 is 0 Å². The number of hydrogen-bond acceptors (Lipinski definition) is 4. The van der Waals surface area contributed by atoms with E-state index >= 15 is 0 Å². The predicted octanol–water partition coefficient (Wildman–Crippen LogP) is 8.05. The Morgan fingerprint density at radius 3 is 1.95 bits per heavy atom. The van der Waals surface area contributed by atoms with Crippen LogP contribution < -0.4 is 5.73 Å². The average molecular weight is 560 g/mol. The van der Waals surface area contributed by atoms with Gasteiger partial charge in [-0.25, -0.2) is 0 Å². The number of phenolic OH excluding ortho intramolecular Hbond substituents is 1. The van der Waals surface area contributed by atoms with Crippen LogP contribution in [0, 0.1) is 0 Å². The number of carbonyl (C=O) groups excluding carboxylic acids is 1. The minimum absolute atomic E-state index is 0.357. The van der Waals surface area contributed by atoms with Gasteiger partial charge in [-0.2, -0.15) is 0 Å². The molecule has 0 radical (unpaired) electrons. The van der Waals surface area contributed by atoms with Crippen LogP contribution in [-0.2, 0) is 16.6 Å². The molecule has 3 N–H and O–H groups in total. The van der Waals surface area contributed by atoms with E-state index in [1.165, 1.54) is 50.5 Å². The molecule has 2 aromatic carbocycles. The first-order valence-electron chi connectivity index (χ1n) is 15.5. The molecule has 0 saturated heterocycles. The number of aromatic hydroxyl groups is 1. The second-order valence-corrected chi connectivity index (χ2v) is 11.6. The van der Waals surface area contributed by atoms with Crippen molar-refractivity contribution in [2.45, 2.75) is 110 Å². The highest BCUT2D eigenvalue weighted by Crippen LogP contribution is 2.35. The topological polar surface area (TPSA) is 79.5 Å². The molecule has 3 aromatic rings. The molecule has 0 aliphatic heterocycles. The monoisotopic (exact) mass is 559 g/mol. The molecule has 1 amide bonds. The number of carbonyl (C=O) groups is 1. The van der Waals surface area contributed by atoms with Gasteiger partial charge < -0.3 is 10.8 Å². The van der Waals surface area contributed by atoms with Crippen molar-refractivity contribution in [1.82, 2.24) is 9.88 Å². The molecular formula is C36H53N3O2. The van der Waals surface area contributed by atoms with Crippen molar-refractivity contribution in [3.8, 4) is 5.75 Å². The Morgan fingerprint density at radius 1 is 0.829 bits per heavy atom. The number of aromatic nitrogens is 1. The van der Waals surface area contributed by atoms with E-state index in [1.807, 2.05) is 60.7 Å². The summed E-state index contributed by atoms with van der Waals surface area (Å²) in [4.78, 5) is 19.6. The van der Waals surface area contributed by atoms with Crippen molar-refractivity contribution >= 4 is 5.91 Å².